The maximum absolute atomic E-state index is 13.8. The zero-order valence-electron chi connectivity index (χ0n) is 17.5. The summed E-state index contributed by atoms with van der Waals surface area (Å²) < 4.78 is 25.0. The first-order chi connectivity index (χ1) is 15.6. The summed E-state index contributed by atoms with van der Waals surface area (Å²) in [6, 6.07) is 21.2. The van der Waals surface area contributed by atoms with Crippen molar-refractivity contribution < 1.29 is 18.7 Å². The molecule has 0 N–H and O–H groups in total. The summed E-state index contributed by atoms with van der Waals surface area (Å²) in [6.45, 7) is 0.595. The van der Waals surface area contributed by atoms with Crippen LogP contribution >= 0.6 is 0 Å². The first kappa shape index (κ1) is 21.1. The third-order valence-electron chi connectivity index (χ3n) is 5.32. The molecule has 1 heterocycles. The van der Waals surface area contributed by atoms with E-state index >= 15 is 0 Å². The fourth-order valence-electron chi connectivity index (χ4n) is 3.67. The van der Waals surface area contributed by atoms with Gasteiger partial charge in [0.15, 0.2) is 11.5 Å². The highest BCUT2D eigenvalue weighted by molar-refractivity contribution is 6.12. The van der Waals surface area contributed by atoms with Crippen molar-refractivity contribution in [2.24, 2.45) is 0 Å². The molecule has 0 atom stereocenters. The van der Waals surface area contributed by atoms with Gasteiger partial charge in [-0.25, -0.2) is 4.39 Å². The summed E-state index contributed by atoms with van der Waals surface area (Å²) in [5.41, 5.74) is 3.02. The van der Waals surface area contributed by atoms with Gasteiger partial charge >= 0.3 is 0 Å². The van der Waals surface area contributed by atoms with E-state index in [0.29, 0.717) is 29.2 Å². The number of amides is 1. The molecule has 1 aliphatic heterocycles. The predicted octanol–water partition coefficient (Wildman–Crippen LogP) is 4.91. The molecule has 0 fully saturated rings. The van der Waals surface area contributed by atoms with Crippen LogP contribution in [0, 0.1) is 17.1 Å². The van der Waals surface area contributed by atoms with Crippen LogP contribution in [0.1, 0.15) is 16.7 Å². The van der Waals surface area contributed by atoms with E-state index in [1.807, 2.05) is 30.3 Å². The van der Waals surface area contributed by atoms with Gasteiger partial charge in [0.2, 0.25) is 0 Å². The molecular weight excluding hydrogens is 407 g/mol. The Labute approximate surface area is 185 Å². The zero-order valence-corrected chi connectivity index (χ0v) is 17.5. The lowest BCUT2D eigenvalue weighted by atomic mass is 10.1. The van der Waals surface area contributed by atoms with Gasteiger partial charge in [0.1, 0.15) is 24.1 Å². The van der Waals surface area contributed by atoms with Gasteiger partial charge in [-0.3, -0.25) is 4.79 Å². The van der Waals surface area contributed by atoms with Crippen LogP contribution in [0.3, 0.4) is 0 Å². The van der Waals surface area contributed by atoms with Gasteiger partial charge in [-0.05, 0) is 47.9 Å². The molecule has 0 unspecified atom stereocenters. The molecule has 1 aliphatic rings. The Hall–Kier alpha value is -4.11. The Kier molecular flexibility index (Phi) is 6.18. The van der Waals surface area contributed by atoms with E-state index in [0.717, 1.165) is 17.7 Å². The Bertz CT molecular complexity index is 1230. The highest BCUT2D eigenvalue weighted by atomic mass is 19.1. The van der Waals surface area contributed by atoms with Crippen LogP contribution in [-0.2, 0) is 17.8 Å². The van der Waals surface area contributed by atoms with Crippen LogP contribution in [0.4, 0.5) is 10.1 Å². The summed E-state index contributed by atoms with van der Waals surface area (Å²) in [7, 11) is 1.50. The molecule has 0 radical (unpaired) electrons. The number of anilines is 1. The molecular formula is C26H21FN2O3. The molecule has 6 heteroatoms. The molecule has 4 rings (SSSR count). The number of ether oxygens (including phenoxy) is 2. The number of hydrogen-bond acceptors (Lipinski definition) is 4. The first-order valence-electron chi connectivity index (χ1n) is 10.2. The summed E-state index contributed by atoms with van der Waals surface area (Å²) >= 11 is 0. The number of benzene rings is 3. The standard InChI is InChI=1S/C26H21FN2O3/c1-31-25-15-18(10-11-24(25)32-17-20-7-2-4-8-22(20)27)14-21(16-28)26(30)29-13-12-19-6-3-5-9-23(19)29/h2-11,14-15H,12-13,17H2,1H3/b21-14+. The fraction of sp³-hybridized carbons (Fsp3) is 0.154. The lowest BCUT2D eigenvalue weighted by molar-refractivity contribution is -0.114. The third-order valence-corrected chi connectivity index (χ3v) is 5.32. The molecule has 32 heavy (non-hydrogen) atoms. The second kappa shape index (κ2) is 9.36. The first-order valence-corrected chi connectivity index (χ1v) is 10.2. The second-order valence-electron chi connectivity index (χ2n) is 7.30. The SMILES string of the molecule is COc1cc(/C=C(\C#N)C(=O)N2CCc3ccccc32)ccc1OCc1ccccc1F. The number of methoxy groups -OCH3 is 1. The van der Waals surface area contributed by atoms with Crippen molar-refractivity contribution in [1.82, 2.24) is 0 Å². The van der Waals surface area contributed by atoms with Crippen molar-refractivity contribution in [2.45, 2.75) is 13.0 Å². The number of fused-ring (bicyclic) bond motifs is 1. The average Bonchev–Trinajstić information content (AvgIpc) is 3.26. The summed E-state index contributed by atoms with van der Waals surface area (Å²) in [4.78, 5) is 14.6. The number of nitriles is 1. The van der Waals surface area contributed by atoms with E-state index in [1.165, 1.54) is 19.3 Å². The minimum atomic E-state index is -0.341. The Balaban J connectivity index is 1.54. The third kappa shape index (κ3) is 4.33. The lowest BCUT2D eigenvalue weighted by Crippen LogP contribution is -2.29. The number of carbonyl (C=O) groups is 1. The van der Waals surface area contributed by atoms with Crippen LogP contribution in [0.5, 0.6) is 11.5 Å². The van der Waals surface area contributed by atoms with E-state index < -0.39 is 0 Å². The van der Waals surface area contributed by atoms with E-state index in [1.54, 1.807) is 41.3 Å². The number of carbonyl (C=O) groups excluding carboxylic acids is 1. The summed E-state index contributed by atoms with van der Waals surface area (Å²) in [5, 5.41) is 9.63. The lowest BCUT2D eigenvalue weighted by Gasteiger charge is -2.16. The molecule has 0 spiro atoms. The Morgan fingerprint density at radius 1 is 1.12 bits per heavy atom. The quantitative estimate of drug-likeness (QED) is 0.413. The molecule has 1 amide bonds. The van der Waals surface area contributed by atoms with Crippen molar-refractivity contribution in [1.29, 1.82) is 5.26 Å². The Morgan fingerprint density at radius 3 is 2.69 bits per heavy atom. The van der Waals surface area contributed by atoms with Crippen molar-refractivity contribution in [2.75, 3.05) is 18.6 Å². The van der Waals surface area contributed by atoms with Gasteiger partial charge in [-0.1, -0.05) is 42.5 Å². The molecule has 160 valence electrons. The van der Waals surface area contributed by atoms with Crippen LogP contribution in [0.2, 0.25) is 0 Å². The topological polar surface area (TPSA) is 62.6 Å². The predicted molar refractivity (Wildman–Crippen MR) is 120 cm³/mol. The molecule has 3 aromatic carbocycles. The maximum Gasteiger partial charge on any atom is 0.268 e. The van der Waals surface area contributed by atoms with Crippen LogP contribution in [0.25, 0.3) is 6.08 Å². The number of hydrogen-bond donors (Lipinski definition) is 0. The van der Waals surface area contributed by atoms with Crippen LogP contribution in [0.15, 0.2) is 72.3 Å². The Morgan fingerprint density at radius 2 is 1.91 bits per heavy atom. The second-order valence-corrected chi connectivity index (χ2v) is 7.30. The van der Waals surface area contributed by atoms with Crippen molar-refractivity contribution in [3.8, 4) is 17.6 Å². The van der Waals surface area contributed by atoms with Gasteiger partial charge in [-0.15, -0.1) is 0 Å². The molecule has 3 aromatic rings. The molecule has 0 bridgehead atoms. The fourth-order valence-corrected chi connectivity index (χ4v) is 3.67. The molecule has 5 nitrogen and oxygen atoms in total. The number of nitrogens with zero attached hydrogens (tertiary/aromatic N) is 2. The van der Waals surface area contributed by atoms with Gasteiger partial charge in [0.05, 0.1) is 7.11 Å². The maximum atomic E-state index is 13.8. The van der Waals surface area contributed by atoms with Crippen LogP contribution in [-0.4, -0.2) is 19.6 Å². The van der Waals surface area contributed by atoms with Gasteiger partial charge < -0.3 is 14.4 Å². The van der Waals surface area contributed by atoms with Gasteiger partial charge in [-0.2, -0.15) is 5.26 Å². The largest absolute Gasteiger partial charge is 0.493 e. The van der Waals surface area contributed by atoms with Crippen LogP contribution < -0.4 is 14.4 Å². The normalized spacial score (nSPS) is 12.8. The highest BCUT2D eigenvalue weighted by Crippen LogP contribution is 2.31. The molecule has 0 aliphatic carbocycles. The average molecular weight is 428 g/mol. The highest BCUT2D eigenvalue weighted by Gasteiger charge is 2.26. The van der Waals surface area contributed by atoms with Gasteiger partial charge in [0.25, 0.3) is 5.91 Å². The zero-order chi connectivity index (χ0) is 22.5. The number of halogens is 1. The smallest absolute Gasteiger partial charge is 0.268 e. The van der Waals surface area contributed by atoms with Crippen molar-refractivity contribution >= 4 is 17.7 Å². The summed E-state index contributed by atoms with van der Waals surface area (Å²) in [6.07, 6.45) is 2.30. The summed E-state index contributed by atoms with van der Waals surface area (Å²) in [5.74, 6) is 0.181. The molecule has 0 saturated heterocycles. The number of para-hydroxylation sites is 1. The van der Waals surface area contributed by atoms with Gasteiger partial charge in [0, 0.05) is 17.8 Å². The minimum absolute atomic E-state index is 0.0313. The van der Waals surface area contributed by atoms with E-state index in [4.69, 9.17) is 9.47 Å². The number of rotatable bonds is 6. The van der Waals surface area contributed by atoms with E-state index in [-0.39, 0.29) is 23.9 Å². The molecule has 0 aromatic heterocycles. The van der Waals surface area contributed by atoms with Crippen molar-refractivity contribution in [3.05, 3.63) is 94.8 Å². The van der Waals surface area contributed by atoms with E-state index in [9.17, 15) is 14.4 Å². The monoisotopic (exact) mass is 428 g/mol. The van der Waals surface area contributed by atoms with E-state index in [2.05, 4.69) is 0 Å². The minimum Gasteiger partial charge on any atom is -0.493 e. The molecule has 0 saturated carbocycles. The van der Waals surface area contributed by atoms with Crippen molar-refractivity contribution in [3.63, 3.8) is 0 Å².